The van der Waals surface area contributed by atoms with Crippen LogP contribution in [0, 0.1) is 17.8 Å². The SMILES string of the molecule is CN(C)C1CCN(C(=O)CN2C3=CC(C(=O)O)=CCC3C(C3CCCCC3)C2c2ccc(OCCc3ccccc3)cc2)CC1. The van der Waals surface area contributed by atoms with Crippen molar-refractivity contribution in [1.29, 1.82) is 0 Å². The molecule has 2 aromatic carbocycles. The topological polar surface area (TPSA) is 73.3 Å². The monoisotopic (exact) mass is 611 g/mol. The van der Waals surface area contributed by atoms with Gasteiger partial charge in [-0.1, -0.05) is 80.6 Å². The molecule has 7 heteroatoms. The van der Waals surface area contributed by atoms with Crippen LogP contribution in [0.5, 0.6) is 5.75 Å². The molecule has 1 amide bonds. The first-order valence-corrected chi connectivity index (χ1v) is 17.0. The highest BCUT2D eigenvalue weighted by Crippen LogP contribution is 2.55. The van der Waals surface area contributed by atoms with E-state index in [1.165, 1.54) is 43.2 Å². The molecule has 240 valence electrons. The summed E-state index contributed by atoms with van der Waals surface area (Å²) in [4.78, 5) is 32.7. The number of ether oxygens (including phenoxy) is 1. The molecule has 2 aromatic rings. The van der Waals surface area contributed by atoms with Crippen LogP contribution in [0.15, 0.2) is 78.0 Å². The first kappa shape index (κ1) is 31.4. The fourth-order valence-corrected chi connectivity index (χ4v) is 8.35. The molecule has 4 aliphatic rings. The maximum Gasteiger partial charge on any atom is 0.335 e. The number of aliphatic carboxylic acids is 1. The summed E-state index contributed by atoms with van der Waals surface area (Å²) >= 11 is 0. The van der Waals surface area contributed by atoms with E-state index in [9.17, 15) is 14.7 Å². The van der Waals surface area contributed by atoms with Crippen LogP contribution in [0.4, 0.5) is 0 Å². The summed E-state index contributed by atoms with van der Waals surface area (Å²) < 4.78 is 6.14. The van der Waals surface area contributed by atoms with Crippen molar-refractivity contribution in [3.63, 3.8) is 0 Å². The normalized spacial score (nSPS) is 24.3. The Balaban J connectivity index is 1.27. The molecular formula is C38H49N3O4. The molecule has 0 bridgehead atoms. The lowest BCUT2D eigenvalue weighted by molar-refractivity contribution is -0.134. The maximum absolute atomic E-state index is 14.0. The molecule has 3 fully saturated rings. The third-order valence-corrected chi connectivity index (χ3v) is 10.8. The third kappa shape index (κ3) is 7.14. The van der Waals surface area contributed by atoms with Gasteiger partial charge in [0.1, 0.15) is 5.75 Å². The largest absolute Gasteiger partial charge is 0.493 e. The zero-order valence-electron chi connectivity index (χ0n) is 26.9. The van der Waals surface area contributed by atoms with Crippen LogP contribution in [0.25, 0.3) is 0 Å². The minimum Gasteiger partial charge on any atom is -0.493 e. The van der Waals surface area contributed by atoms with E-state index in [0.717, 1.165) is 43.8 Å². The van der Waals surface area contributed by atoms with Gasteiger partial charge >= 0.3 is 5.97 Å². The Hall–Kier alpha value is -3.58. The Morgan fingerprint density at radius 3 is 2.31 bits per heavy atom. The van der Waals surface area contributed by atoms with Gasteiger partial charge in [0.05, 0.1) is 24.8 Å². The minimum atomic E-state index is -0.896. The number of carbonyl (C=O) groups excluding carboxylic acids is 1. The summed E-state index contributed by atoms with van der Waals surface area (Å²) in [6.07, 6.45) is 13.5. The molecule has 0 spiro atoms. The van der Waals surface area contributed by atoms with E-state index in [0.29, 0.717) is 36.5 Å². The number of allylic oxidation sites excluding steroid dienone is 2. The molecule has 6 rings (SSSR count). The smallest absolute Gasteiger partial charge is 0.335 e. The number of carboxylic acid groups (broad SMARTS) is 1. The summed E-state index contributed by atoms with van der Waals surface area (Å²) in [7, 11) is 4.23. The number of carbonyl (C=O) groups is 2. The molecule has 1 N–H and O–H groups in total. The van der Waals surface area contributed by atoms with E-state index in [4.69, 9.17) is 4.74 Å². The van der Waals surface area contributed by atoms with Gasteiger partial charge in [0.2, 0.25) is 5.91 Å². The van der Waals surface area contributed by atoms with Crippen molar-refractivity contribution in [3.05, 3.63) is 89.1 Å². The third-order valence-electron chi connectivity index (χ3n) is 10.8. The molecule has 2 saturated heterocycles. The second-order valence-electron chi connectivity index (χ2n) is 13.7. The first-order valence-electron chi connectivity index (χ1n) is 17.0. The van der Waals surface area contributed by atoms with Gasteiger partial charge in [0.15, 0.2) is 0 Å². The predicted molar refractivity (Wildman–Crippen MR) is 177 cm³/mol. The quantitative estimate of drug-likeness (QED) is 0.339. The van der Waals surface area contributed by atoms with Gasteiger partial charge in [-0.05, 0) is 74.5 Å². The van der Waals surface area contributed by atoms with Gasteiger partial charge in [-0.2, -0.15) is 0 Å². The van der Waals surface area contributed by atoms with Crippen molar-refractivity contribution < 1.29 is 19.4 Å². The molecule has 45 heavy (non-hydrogen) atoms. The first-order chi connectivity index (χ1) is 21.9. The van der Waals surface area contributed by atoms with E-state index in [2.05, 4.69) is 72.4 Å². The van der Waals surface area contributed by atoms with Crippen LogP contribution in [0.3, 0.4) is 0 Å². The number of piperidine rings is 1. The minimum absolute atomic E-state index is 0.0209. The van der Waals surface area contributed by atoms with Crippen molar-refractivity contribution >= 4 is 11.9 Å². The summed E-state index contributed by atoms with van der Waals surface area (Å²) in [6.45, 7) is 2.43. The average Bonchev–Trinajstić information content (AvgIpc) is 3.39. The predicted octanol–water partition coefficient (Wildman–Crippen LogP) is 6.33. The zero-order valence-corrected chi connectivity index (χ0v) is 26.9. The molecule has 0 radical (unpaired) electrons. The Morgan fingerprint density at radius 1 is 0.933 bits per heavy atom. The van der Waals surface area contributed by atoms with Crippen molar-refractivity contribution in [1.82, 2.24) is 14.7 Å². The second-order valence-corrected chi connectivity index (χ2v) is 13.7. The molecule has 7 nitrogen and oxygen atoms in total. The Labute approximate surface area is 268 Å². The maximum atomic E-state index is 14.0. The lowest BCUT2D eigenvalue weighted by Crippen LogP contribution is -2.47. The second kappa shape index (κ2) is 14.2. The fraction of sp³-hybridized carbons (Fsp3) is 0.526. The van der Waals surface area contributed by atoms with Crippen LogP contribution >= 0.6 is 0 Å². The van der Waals surface area contributed by atoms with Gasteiger partial charge in [0, 0.05) is 37.2 Å². The highest BCUT2D eigenvalue weighted by Gasteiger charge is 2.50. The molecule has 3 unspecified atom stereocenters. The summed E-state index contributed by atoms with van der Waals surface area (Å²) in [5.74, 6) is 1.20. The highest BCUT2D eigenvalue weighted by molar-refractivity contribution is 5.90. The number of rotatable bonds is 10. The van der Waals surface area contributed by atoms with Gasteiger partial charge in [-0.15, -0.1) is 0 Å². The van der Waals surface area contributed by atoms with Crippen LogP contribution in [-0.2, 0) is 16.0 Å². The Bertz CT molecular complexity index is 1370. The molecule has 0 aromatic heterocycles. The van der Waals surface area contributed by atoms with Gasteiger partial charge in [-0.25, -0.2) is 4.79 Å². The number of nitrogens with zero attached hydrogens (tertiary/aromatic N) is 3. The fourth-order valence-electron chi connectivity index (χ4n) is 8.35. The zero-order chi connectivity index (χ0) is 31.3. The van der Waals surface area contributed by atoms with Crippen molar-refractivity contribution in [3.8, 4) is 5.75 Å². The van der Waals surface area contributed by atoms with E-state index in [1.54, 1.807) is 0 Å². The van der Waals surface area contributed by atoms with Gasteiger partial charge in [0.25, 0.3) is 0 Å². The average molecular weight is 612 g/mol. The number of amides is 1. The van der Waals surface area contributed by atoms with Crippen LogP contribution < -0.4 is 4.74 Å². The van der Waals surface area contributed by atoms with Crippen LogP contribution in [0.2, 0.25) is 0 Å². The number of hydrogen-bond acceptors (Lipinski definition) is 5. The lowest BCUT2D eigenvalue weighted by atomic mass is 9.69. The number of carboxylic acids is 1. The highest BCUT2D eigenvalue weighted by atomic mass is 16.5. The summed E-state index contributed by atoms with van der Waals surface area (Å²) in [6, 6.07) is 19.4. The molecule has 3 atom stereocenters. The van der Waals surface area contributed by atoms with Crippen molar-refractivity contribution in [2.75, 3.05) is 40.3 Å². The van der Waals surface area contributed by atoms with E-state index in [1.807, 2.05) is 23.1 Å². The van der Waals surface area contributed by atoms with Crippen molar-refractivity contribution in [2.45, 2.75) is 69.9 Å². The number of benzene rings is 2. The summed E-state index contributed by atoms with van der Waals surface area (Å²) in [5, 5.41) is 9.95. The number of fused-ring (bicyclic) bond motifs is 1. The Morgan fingerprint density at radius 2 is 1.64 bits per heavy atom. The van der Waals surface area contributed by atoms with E-state index in [-0.39, 0.29) is 24.4 Å². The van der Waals surface area contributed by atoms with Gasteiger partial charge in [-0.3, -0.25) is 4.79 Å². The number of likely N-dealkylation sites (tertiary alicyclic amines) is 2. The van der Waals surface area contributed by atoms with Crippen molar-refractivity contribution in [2.24, 2.45) is 17.8 Å². The van der Waals surface area contributed by atoms with Crippen LogP contribution in [0.1, 0.15) is 68.5 Å². The summed E-state index contributed by atoms with van der Waals surface area (Å²) in [5.41, 5.74) is 3.82. The number of hydrogen-bond donors (Lipinski definition) is 1. The van der Waals surface area contributed by atoms with Gasteiger partial charge < -0.3 is 24.5 Å². The van der Waals surface area contributed by atoms with Crippen LogP contribution in [-0.4, -0.2) is 78.1 Å². The molecule has 2 aliphatic carbocycles. The molecule has 2 heterocycles. The Kier molecular flexibility index (Phi) is 9.94. The van der Waals surface area contributed by atoms with E-state index >= 15 is 0 Å². The van der Waals surface area contributed by atoms with E-state index < -0.39 is 5.97 Å². The molecule has 1 saturated carbocycles. The standard InChI is InChI=1S/C38H49N3O4/c1-39(2)31-19-22-40(23-20-31)35(42)26-41-34-25-30(38(43)44)15-18-33(34)36(28-11-7-4-8-12-28)37(41)29-13-16-32(17-14-29)45-24-21-27-9-5-3-6-10-27/h3,5-6,9-10,13-17,25,28,31,33,36-37H,4,7-8,11-12,18-24,26H2,1-2H3,(H,43,44). The molecular weight excluding hydrogens is 562 g/mol. The molecule has 2 aliphatic heterocycles. The lowest BCUT2D eigenvalue weighted by Gasteiger charge is -2.38.